The highest BCUT2D eigenvalue weighted by Gasteiger charge is 2.24. The van der Waals surface area contributed by atoms with Gasteiger partial charge in [-0.1, -0.05) is 18.9 Å². The lowest BCUT2D eigenvalue weighted by atomic mass is 9.94. The molecule has 2 aromatic heterocycles. The first-order valence-corrected chi connectivity index (χ1v) is 9.60. The van der Waals surface area contributed by atoms with Crippen LogP contribution in [0.2, 0.25) is 0 Å². The van der Waals surface area contributed by atoms with Gasteiger partial charge in [-0.05, 0) is 44.8 Å². The normalized spacial score (nSPS) is 23.8. The third kappa shape index (κ3) is 3.43. The average molecular weight is 373 g/mol. The lowest BCUT2D eigenvalue weighted by Crippen LogP contribution is -2.20. The van der Waals surface area contributed by atoms with Gasteiger partial charge in [-0.2, -0.15) is 15.1 Å². The summed E-state index contributed by atoms with van der Waals surface area (Å²) in [6.07, 6.45) is 11.6. The van der Waals surface area contributed by atoms with Gasteiger partial charge in [-0.25, -0.2) is 0 Å². The summed E-state index contributed by atoms with van der Waals surface area (Å²) in [5.41, 5.74) is 3.08. The topological polar surface area (TPSA) is 67.7 Å². The maximum Gasteiger partial charge on any atom is 0.226 e. The van der Waals surface area contributed by atoms with Crippen LogP contribution >= 0.6 is 11.6 Å². The lowest BCUT2D eigenvalue weighted by Gasteiger charge is -2.25. The zero-order chi connectivity index (χ0) is 18.3. The van der Waals surface area contributed by atoms with E-state index in [4.69, 9.17) is 16.6 Å². The van der Waals surface area contributed by atoms with Crippen molar-refractivity contribution < 1.29 is 0 Å². The highest BCUT2D eigenvalue weighted by molar-refractivity contribution is 6.25. The Morgan fingerprint density at radius 1 is 1.27 bits per heavy atom. The quantitative estimate of drug-likeness (QED) is 0.780. The summed E-state index contributed by atoms with van der Waals surface area (Å²) in [5, 5.41) is 12.2. The minimum Gasteiger partial charge on any atom is -0.351 e. The van der Waals surface area contributed by atoms with Crippen LogP contribution in [-0.4, -0.2) is 30.7 Å². The van der Waals surface area contributed by atoms with Crippen LogP contribution in [0.5, 0.6) is 0 Å². The van der Waals surface area contributed by atoms with Gasteiger partial charge in [-0.15, -0.1) is 11.6 Å². The van der Waals surface area contributed by atoms with Crippen molar-refractivity contribution in [2.45, 2.75) is 56.9 Å². The van der Waals surface area contributed by atoms with Crippen molar-refractivity contribution in [3.63, 3.8) is 0 Å². The van der Waals surface area contributed by atoms with E-state index in [1.165, 1.54) is 31.3 Å². The summed E-state index contributed by atoms with van der Waals surface area (Å²) in [5.74, 6) is 1.44. The van der Waals surface area contributed by atoms with Gasteiger partial charge in [0.25, 0.3) is 0 Å². The summed E-state index contributed by atoms with van der Waals surface area (Å²) in [6, 6.07) is 0.459. The van der Waals surface area contributed by atoms with Crippen LogP contribution < -0.4 is 10.6 Å². The van der Waals surface area contributed by atoms with E-state index in [-0.39, 0.29) is 4.87 Å². The van der Waals surface area contributed by atoms with Gasteiger partial charge in [-0.3, -0.25) is 4.68 Å². The van der Waals surface area contributed by atoms with Gasteiger partial charge in [0.1, 0.15) is 5.82 Å². The van der Waals surface area contributed by atoms with E-state index >= 15 is 0 Å². The first-order valence-electron chi connectivity index (χ1n) is 9.22. The molecule has 26 heavy (non-hydrogen) atoms. The molecule has 2 aromatic rings. The molecule has 2 aliphatic rings. The Kier molecular flexibility index (Phi) is 4.39. The van der Waals surface area contributed by atoms with E-state index in [0.717, 1.165) is 29.0 Å². The predicted molar refractivity (Wildman–Crippen MR) is 107 cm³/mol. The van der Waals surface area contributed by atoms with E-state index in [2.05, 4.69) is 27.6 Å². The first-order chi connectivity index (χ1) is 12.4. The van der Waals surface area contributed by atoms with E-state index in [0.29, 0.717) is 12.0 Å². The van der Waals surface area contributed by atoms with Gasteiger partial charge in [0.05, 0.1) is 16.5 Å². The molecule has 138 valence electrons. The van der Waals surface area contributed by atoms with Gasteiger partial charge in [0, 0.05) is 18.8 Å². The minimum absolute atomic E-state index is 0.320. The molecule has 2 heterocycles. The smallest absolute Gasteiger partial charge is 0.226 e. The molecule has 1 unspecified atom stereocenters. The minimum atomic E-state index is -0.320. The van der Waals surface area contributed by atoms with Crippen LogP contribution in [0.15, 0.2) is 29.6 Å². The SMILES string of the molecule is CC1=C(Nc2nc(NC3CCCC3)nc3c2cnn3C)C=CC(C)(Cl)C1. The molecular formula is C19H25ClN6. The molecule has 7 heteroatoms. The Morgan fingerprint density at radius 2 is 2.04 bits per heavy atom. The van der Waals surface area contributed by atoms with Crippen molar-refractivity contribution in [2.24, 2.45) is 7.05 Å². The number of rotatable bonds is 4. The molecular weight excluding hydrogens is 348 g/mol. The fourth-order valence-corrected chi connectivity index (χ4v) is 4.05. The van der Waals surface area contributed by atoms with E-state index < -0.39 is 0 Å². The third-order valence-electron chi connectivity index (χ3n) is 5.20. The molecule has 0 amide bonds. The molecule has 0 spiro atoms. The number of alkyl halides is 1. The standard InChI is InChI=1S/C19H25ClN6/c1-12-10-19(2,20)9-8-15(12)23-16-14-11-21-26(3)17(14)25-18(24-16)22-13-6-4-5-7-13/h8-9,11,13H,4-7,10H2,1-3H3,(H2,22,23,24,25). The molecule has 4 rings (SSSR count). The molecule has 0 saturated heterocycles. The van der Waals surface area contributed by atoms with Gasteiger partial charge < -0.3 is 10.6 Å². The number of hydrogen-bond acceptors (Lipinski definition) is 5. The monoisotopic (exact) mass is 372 g/mol. The Labute approximate surface area is 158 Å². The van der Waals surface area contributed by atoms with E-state index in [1.807, 2.05) is 32.3 Å². The number of halogens is 1. The second-order valence-electron chi connectivity index (χ2n) is 7.63. The van der Waals surface area contributed by atoms with Crippen molar-refractivity contribution in [2.75, 3.05) is 10.6 Å². The summed E-state index contributed by atoms with van der Waals surface area (Å²) >= 11 is 6.46. The molecule has 2 N–H and O–H groups in total. The second kappa shape index (κ2) is 6.58. The third-order valence-corrected chi connectivity index (χ3v) is 5.46. The van der Waals surface area contributed by atoms with Crippen LogP contribution in [0.4, 0.5) is 11.8 Å². The highest BCUT2D eigenvalue weighted by atomic mass is 35.5. The lowest BCUT2D eigenvalue weighted by molar-refractivity contribution is 0.740. The van der Waals surface area contributed by atoms with Crippen molar-refractivity contribution in [1.29, 1.82) is 0 Å². The average Bonchev–Trinajstić information content (AvgIpc) is 3.20. The fourth-order valence-electron chi connectivity index (χ4n) is 3.78. The Hall–Kier alpha value is -2.08. The molecule has 6 nitrogen and oxygen atoms in total. The van der Waals surface area contributed by atoms with Crippen LogP contribution in [0, 0.1) is 0 Å². The fraction of sp³-hybridized carbons (Fsp3) is 0.526. The van der Waals surface area contributed by atoms with Crippen LogP contribution in [0.25, 0.3) is 11.0 Å². The molecule has 0 radical (unpaired) electrons. The van der Waals surface area contributed by atoms with Crippen LogP contribution in [-0.2, 0) is 7.05 Å². The second-order valence-corrected chi connectivity index (χ2v) is 8.50. The zero-order valence-corrected chi connectivity index (χ0v) is 16.3. The van der Waals surface area contributed by atoms with Crippen molar-refractivity contribution >= 4 is 34.4 Å². The van der Waals surface area contributed by atoms with Crippen molar-refractivity contribution in [3.8, 4) is 0 Å². The van der Waals surface area contributed by atoms with Gasteiger partial charge in [0.15, 0.2) is 5.65 Å². The number of aromatic nitrogens is 4. The molecule has 0 bridgehead atoms. The van der Waals surface area contributed by atoms with Crippen LogP contribution in [0.1, 0.15) is 46.0 Å². The zero-order valence-electron chi connectivity index (χ0n) is 15.5. The molecule has 1 saturated carbocycles. The number of anilines is 2. The van der Waals surface area contributed by atoms with Gasteiger partial charge >= 0.3 is 0 Å². The Bertz CT molecular complexity index is 889. The maximum atomic E-state index is 6.46. The summed E-state index contributed by atoms with van der Waals surface area (Å²) in [7, 11) is 1.91. The largest absolute Gasteiger partial charge is 0.351 e. The summed E-state index contributed by atoms with van der Waals surface area (Å²) < 4.78 is 1.79. The van der Waals surface area contributed by atoms with E-state index in [9.17, 15) is 0 Å². The molecule has 0 aliphatic heterocycles. The molecule has 1 fully saturated rings. The Balaban J connectivity index is 1.68. The number of nitrogens with zero attached hydrogens (tertiary/aromatic N) is 4. The summed E-state index contributed by atoms with van der Waals surface area (Å²) in [6.45, 7) is 4.13. The number of fused-ring (bicyclic) bond motifs is 1. The van der Waals surface area contributed by atoms with Crippen molar-refractivity contribution in [3.05, 3.63) is 29.6 Å². The predicted octanol–water partition coefficient (Wildman–Crippen LogP) is 4.36. The Morgan fingerprint density at radius 3 is 2.77 bits per heavy atom. The van der Waals surface area contributed by atoms with E-state index in [1.54, 1.807) is 4.68 Å². The first kappa shape index (κ1) is 17.3. The highest BCUT2D eigenvalue weighted by Crippen LogP contribution is 2.33. The van der Waals surface area contributed by atoms with Crippen LogP contribution in [0.3, 0.4) is 0 Å². The number of nitrogens with one attached hydrogen (secondary N) is 2. The molecule has 1 atom stereocenters. The summed E-state index contributed by atoms with van der Waals surface area (Å²) in [4.78, 5) is 9.11. The van der Waals surface area contributed by atoms with Gasteiger partial charge in [0.2, 0.25) is 5.95 Å². The molecule has 0 aromatic carbocycles. The number of allylic oxidation sites excluding steroid dienone is 3. The number of hydrogen-bond donors (Lipinski definition) is 2. The maximum absolute atomic E-state index is 6.46. The van der Waals surface area contributed by atoms with Crippen molar-refractivity contribution in [1.82, 2.24) is 19.7 Å². The molecule has 2 aliphatic carbocycles. The number of aryl methyl sites for hydroxylation is 1.